The topological polar surface area (TPSA) is 13.0 Å². The fourth-order valence-corrected chi connectivity index (χ4v) is 2.77. The van der Waals surface area contributed by atoms with E-state index in [1.165, 1.54) is 51.9 Å². The molecule has 0 aromatic carbocycles. The van der Waals surface area contributed by atoms with E-state index in [1.807, 2.05) is 0 Å². The Morgan fingerprint density at radius 3 is 1.25 bits per heavy atom. The second-order valence-electron chi connectivity index (χ2n) is 8.63. The van der Waals surface area contributed by atoms with Crippen LogP contribution in [-0.2, 0) is 0 Å². The van der Waals surface area contributed by atoms with E-state index in [0.29, 0.717) is 0 Å². The minimum absolute atomic E-state index is 0.824. The van der Waals surface area contributed by atoms with Gasteiger partial charge in [0.2, 0.25) is 0 Å². The molecule has 146 valence electrons. The molecule has 4 heteroatoms. The van der Waals surface area contributed by atoms with E-state index in [2.05, 4.69) is 75.7 Å². The van der Waals surface area contributed by atoms with Gasteiger partial charge in [0.25, 0.3) is 0 Å². The molecule has 0 unspecified atom stereocenters. The van der Waals surface area contributed by atoms with E-state index in [-0.39, 0.29) is 0 Å². The average molecular weight is 343 g/mol. The third-order valence-electron chi connectivity index (χ3n) is 4.85. The second kappa shape index (κ2) is 14.1. The first kappa shape index (κ1) is 23.8. The molecular weight excluding hydrogens is 296 g/mol. The highest BCUT2D eigenvalue weighted by molar-refractivity contribution is 4.67. The van der Waals surface area contributed by atoms with Gasteiger partial charge in [0.1, 0.15) is 0 Å². The van der Waals surface area contributed by atoms with Crippen LogP contribution in [0.5, 0.6) is 0 Å². The molecule has 0 N–H and O–H groups in total. The van der Waals surface area contributed by atoms with Crippen molar-refractivity contribution in [3.63, 3.8) is 0 Å². The molecule has 0 rings (SSSR count). The Morgan fingerprint density at radius 1 is 0.500 bits per heavy atom. The molecule has 0 amide bonds. The minimum atomic E-state index is 0.824. The zero-order valence-electron chi connectivity index (χ0n) is 18.0. The lowest BCUT2D eigenvalue weighted by Gasteiger charge is -2.26. The van der Waals surface area contributed by atoms with Crippen molar-refractivity contribution < 1.29 is 0 Å². The SMILES string of the molecule is CC(C)CCC(CCN(C)CCN(C)C)CCN(C)CCN(C)C. The van der Waals surface area contributed by atoms with Crippen LogP contribution in [0.3, 0.4) is 0 Å². The zero-order valence-corrected chi connectivity index (χ0v) is 18.0. The van der Waals surface area contributed by atoms with Crippen LogP contribution in [0, 0.1) is 11.8 Å². The average Bonchev–Trinajstić information content (AvgIpc) is 2.49. The number of hydrogen-bond acceptors (Lipinski definition) is 4. The first-order valence-corrected chi connectivity index (χ1v) is 9.87. The van der Waals surface area contributed by atoms with Crippen LogP contribution < -0.4 is 0 Å². The van der Waals surface area contributed by atoms with E-state index in [0.717, 1.165) is 24.9 Å². The molecule has 0 atom stereocenters. The van der Waals surface area contributed by atoms with Gasteiger partial charge in [0.05, 0.1) is 0 Å². The molecule has 0 aromatic rings. The smallest absolute Gasteiger partial charge is 0.0106 e. The molecule has 0 radical (unpaired) electrons. The van der Waals surface area contributed by atoms with Crippen molar-refractivity contribution >= 4 is 0 Å². The zero-order chi connectivity index (χ0) is 18.5. The highest BCUT2D eigenvalue weighted by atomic mass is 15.2. The molecule has 24 heavy (non-hydrogen) atoms. The number of rotatable bonds is 15. The monoisotopic (exact) mass is 342 g/mol. The lowest BCUT2D eigenvalue weighted by atomic mass is 9.92. The van der Waals surface area contributed by atoms with E-state index in [4.69, 9.17) is 0 Å². The van der Waals surface area contributed by atoms with Crippen LogP contribution in [0.2, 0.25) is 0 Å². The number of likely N-dealkylation sites (N-methyl/N-ethyl adjacent to an activating group) is 4. The predicted octanol–water partition coefficient (Wildman–Crippen LogP) is 2.81. The Bertz CT molecular complexity index is 257. The van der Waals surface area contributed by atoms with Crippen molar-refractivity contribution in [1.29, 1.82) is 0 Å². The molecule has 0 aromatic heterocycles. The van der Waals surface area contributed by atoms with Crippen LogP contribution in [0.1, 0.15) is 39.5 Å². The van der Waals surface area contributed by atoms with Crippen molar-refractivity contribution in [3.05, 3.63) is 0 Å². The maximum atomic E-state index is 2.50. The quantitative estimate of drug-likeness (QED) is 0.454. The third-order valence-corrected chi connectivity index (χ3v) is 4.85. The van der Waals surface area contributed by atoms with Gasteiger partial charge in [0, 0.05) is 26.2 Å². The molecule has 0 saturated heterocycles. The van der Waals surface area contributed by atoms with Crippen LogP contribution in [0.4, 0.5) is 0 Å². The molecule has 0 fully saturated rings. The first-order valence-electron chi connectivity index (χ1n) is 9.87. The van der Waals surface area contributed by atoms with Gasteiger partial charge < -0.3 is 19.6 Å². The Kier molecular flexibility index (Phi) is 14.0. The van der Waals surface area contributed by atoms with Gasteiger partial charge in [0.15, 0.2) is 0 Å². The van der Waals surface area contributed by atoms with Gasteiger partial charge in [-0.2, -0.15) is 0 Å². The summed E-state index contributed by atoms with van der Waals surface area (Å²) in [5, 5.41) is 0. The Morgan fingerprint density at radius 2 is 0.917 bits per heavy atom. The number of hydrogen-bond donors (Lipinski definition) is 0. The molecule has 0 heterocycles. The lowest BCUT2D eigenvalue weighted by molar-refractivity contribution is 0.228. The Hall–Kier alpha value is -0.160. The summed E-state index contributed by atoms with van der Waals surface area (Å²) < 4.78 is 0. The molecule has 0 aliphatic carbocycles. The first-order chi connectivity index (χ1) is 11.2. The van der Waals surface area contributed by atoms with Gasteiger partial charge >= 0.3 is 0 Å². The second-order valence-corrected chi connectivity index (χ2v) is 8.63. The van der Waals surface area contributed by atoms with Gasteiger partial charge in [-0.1, -0.05) is 26.7 Å². The molecule has 0 saturated carbocycles. The number of nitrogens with zero attached hydrogens (tertiary/aromatic N) is 4. The fourth-order valence-electron chi connectivity index (χ4n) is 2.77. The van der Waals surface area contributed by atoms with Crippen molar-refractivity contribution in [2.24, 2.45) is 11.8 Å². The summed E-state index contributed by atoms with van der Waals surface area (Å²) in [7, 11) is 13.2. The van der Waals surface area contributed by atoms with Crippen molar-refractivity contribution in [2.45, 2.75) is 39.5 Å². The maximum Gasteiger partial charge on any atom is 0.0106 e. The Labute approximate surface area is 153 Å². The van der Waals surface area contributed by atoms with Crippen LogP contribution >= 0.6 is 0 Å². The van der Waals surface area contributed by atoms with E-state index >= 15 is 0 Å². The van der Waals surface area contributed by atoms with E-state index in [1.54, 1.807) is 0 Å². The third kappa shape index (κ3) is 15.4. The lowest BCUT2D eigenvalue weighted by Crippen LogP contribution is -2.32. The molecular formula is C20H46N4. The van der Waals surface area contributed by atoms with Gasteiger partial charge in [-0.25, -0.2) is 0 Å². The molecule has 0 bridgehead atoms. The largest absolute Gasteiger partial charge is 0.308 e. The summed E-state index contributed by atoms with van der Waals surface area (Å²) in [6.07, 6.45) is 5.45. The Balaban J connectivity index is 4.16. The van der Waals surface area contributed by atoms with E-state index < -0.39 is 0 Å². The van der Waals surface area contributed by atoms with E-state index in [9.17, 15) is 0 Å². The summed E-state index contributed by atoms with van der Waals surface area (Å²) in [5.41, 5.74) is 0. The highest BCUT2D eigenvalue weighted by Gasteiger charge is 2.13. The summed E-state index contributed by atoms with van der Waals surface area (Å²) in [5.74, 6) is 1.70. The normalized spacial score (nSPS) is 12.8. The van der Waals surface area contributed by atoms with Crippen LogP contribution in [0.15, 0.2) is 0 Å². The predicted molar refractivity (Wildman–Crippen MR) is 109 cm³/mol. The summed E-state index contributed by atoms with van der Waals surface area (Å²) in [6.45, 7) is 11.8. The van der Waals surface area contributed by atoms with Gasteiger partial charge in [-0.3, -0.25) is 0 Å². The molecule has 4 nitrogen and oxygen atoms in total. The fraction of sp³-hybridized carbons (Fsp3) is 1.00. The summed E-state index contributed by atoms with van der Waals surface area (Å²) in [4.78, 5) is 9.54. The van der Waals surface area contributed by atoms with Crippen molar-refractivity contribution in [1.82, 2.24) is 19.6 Å². The van der Waals surface area contributed by atoms with Crippen LogP contribution in [-0.4, -0.2) is 101 Å². The molecule has 0 aliphatic heterocycles. The molecule has 0 spiro atoms. The summed E-state index contributed by atoms with van der Waals surface area (Å²) >= 11 is 0. The maximum absolute atomic E-state index is 2.50. The highest BCUT2D eigenvalue weighted by Crippen LogP contribution is 2.20. The minimum Gasteiger partial charge on any atom is -0.308 e. The molecule has 0 aliphatic rings. The van der Waals surface area contributed by atoms with Crippen LogP contribution in [0.25, 0.3) is 0 Å². The van der Waals surface area contributed by atoms with Crippen molar-refractivity contribution in [3.8, 4) is 0 Å². The van der Waals surface area contributed by atoms with Gasteiger partial charge in [-0.05, 0) is 80.1 Å². The van der Waals surface area contributed by atoms with Crippen molar-refractivity contribution in [2.75, 3.05) is 81.6 Å². The summed E-state index contributed by atoms with van der Waals surface area (Å²) in [6, 6.07) is 0. The van der Waals surface area contributed by atoms with Gasteiger partial charge in [-0.15, -0.1) is 0 Å². The standard InChI is InChI=1S/C20H46N4/c1-19(2)9-10-20(11-13-23(7)17-15-21(3)4)12-14-24(8)18-16-22(5)6/h19-20H,9-18H2,1-8H3.